The van der Waals surface area contributed by atoms with Crippen molar-refractivity contribution in [3.8, 4) is 11.5 Å². The van der Waals surface area contributed by atoms with Gasteiger partial charge in [-0.3, -0.25) is 10.1 Å². The maximum Gasteiger partial charge on any atom is 0.274 e. The van der Waals surface area contributed by atoms with Gasteiger partial charge in [0.2, 0.25) is 0 Å². The van der Waals surface area contributed by atoms with Crippen LogP contribution in [0.1, 0.15) is 11.1 Å². The summed E-state index contributed by atoms with van der Waals surface area (Å²) in [6, 6.07) is 10.2. The molecule has 0 bridgehead atoms. The fourth-order valence-electron chi connectivity index (χ4n) is 1.76. The van der Waals surface area contributed by atoms with Gasteiger partial charge >= 0.3 is 0 Å². The van der Waals surface area contributed by atoms with Crippen molar-refractivity contribution in [2.24, 2.45) is 0 Å². The van der Waals surface area contributed by atoms with Crippen LogP contribution in [0, 0.1) is 17.0 Å². The Balaban J connectivity index is 2.32. The number of halogens is 2. The van der Waals surface area contributed by atoms with Crippen LogP contribution in [-0.4, -0.2) is 4.92 Å². The highest BCUT2D eigenvalue weighted by Crippen LogP contribution is 2.31. The van der Waals surface area contributed by atoms with E-state index in [1.807, 2.05) is 25.1 Å². The second-order valence-corrected chi connectivity index (χ2v) is 5.38. The first-order valence-electron chi connectivity index (χ1n) is 5.78. The van der Waals surface area contributed by atoms with Crippen LogP contribution in [0.5, 0.6) is 11.5 Å². The molecule has 0 aliphatic carbocycles. The van der Waals surface area contributed by atoms with Crippen molar-refractivity contribution in [2.45, 2.75) is 12.8 Å². The first kappa shape index (κ1) is 14.8. The van der Waals surface area contributed by atoms with Gasteiger partial charge in [0.05, 0.1) is 10.8 Å². The topological polar surface area (TPSA) is 52.4 Å². The molecule has 2 aromatic carbocycles. The van der Waals surface area contributed by atoms with E-state index in [2.05, 4.69) is 15.9 Å². The number of hydrogen-bond donors (Lipinski definition) is 0. The van der Waals surface area contributed by atoms with Crippen LogP contribution in [0.4, 0.5) is 5.69 Å². The number of alkyl halides is 1. The monoisotopic (exact) mass is 355 g/mol. The smallest absolute Gasteiger partial charge is 0.274 e. The minimum absolute atomic E-state index is 0.000113. The van der Waals surface area contributed by atoms with E-state index in [-0.39, 0.29) is 11.6 Å². The van der Waals surface area contributed by atoms with Gasteiger partial charge < -0.3 is 4.74 Å². The average molecular weight is 357 g/mol. The Morgan fingerprint density at radius 1 is 1.30 bits per heavy atom. The molecular formula is C14H11BrClNO3. The zero-order chi connectivity index (χ0) is 14.7. The lowest BCUT2D eigenvalue weighted by atomic mass is 10.2. The third kappa shape index (κ3) is 3.29. The molecule has 6 heteroatoms. The van der Waals surface area contributed by atoms with Crippen LogP contribution in [0.3, 0.4) is 0 Å². The van der Waals surface area contributed by atoms with E-state index in [9.17, 15) is 10.1 Å². The Bertz CT molecular complexity index is 661. The molecule has 4 nitrogen and oxygen atoms in total. The Kier molecular flexibility index (Phi) is 4.62. The average Bonchev–Trinajstić information content (AvgIpc) is 2.41. The summed E-state index contributed by atoms with van der Waals surface area (Å²) in [6.07, 6.45) is 0. The van der Waals surface area contributed by atoms with Crippen molar-refractivity contribution in [3.05, 3.63) is 62.1 Å². The van der Waals surface area contributed by atoms with Gasteiger partial charge in [-0.25, -0.2) is 0 Å². The van der Waals surface area contributed by atoms with Crippen LogP contribution in [0.25, 0.3) is 0 Å². The second kappa shape index (κ2) is 6.24. The first-order valence-corrected chi connectivity index (χ1v) is 7.11. The van der Waals surface area contributed by atoms with Gasteiger partial charge in [0.15, 0.2) is 0 Å². The molecule has 0 radical (unpaired) electrons. The summed E-state index contributed by atoms with van der Waals surface area (Å²) >= 11 is 9.12. The zero-order valence-electron chi connectivity index (χ0n) is 10.6. The van der Waals surface area contributed by atoms with Gasteiger partial charge in [-0.2, -0.15) is 0 Å². The molecule has 104 valence electrons. The van der Waals surface area contributed by atoms with Crippen molar-refractivity contribution in [3.63, 3.8) is 0 Å². The molecule has 0 aromatic heterocycles. The quantitative estimate of drug-likeness (QED) is 0.430. The Morgan fingerprint density at radius 3 is 2.65 bits per heavy atom. The standard InChI is InChI=1S/C14H11BrClNO3/c1-9-6-11(15)2-5-14(9)20-12-3-4-13(17(18)19)10(7-12)8-16/h2-7H,8H2,1H3. The number of nitro benzene ring substituents is 1. The largest absolute Gasteiger partial charge is 0.457 e. The molecule has 0 atom stereocenters. The molecule has 0 unspecified atom stereocenters. The number of hydrogen-bond acceptors (Lipinski definition) is 3. The summed E-state index contributed by atoms with van der Waals surface area (Å²) < 4.78 is 6.70. The molecule has 0 N–H and O–H groups in total. The van der Waals surface area contributed by atoms with Crippen LogP contribution < -0.4 is 4.74 Å². The minimum atomic E-state index is -0.452. The number of nitrogens with zero attached hydrogens (tertiary/aromatic N) is 1. The van der Waals surface area contributed by atoms with E-state index in [4.69, 9.17) is 16.3 Å². The zero-order valence-corrected chi connectivity index (χ0v) is 12.9. The molecule has 0 spiro atoms. The fraction of sp³-hybridized carbons (Fsp3) is 0.143. The van der Waals surface area contributed by atoms with E-state index in [0.29, 0.717) is 17.1 Å². The lowest BCUT2D eigenvalue weighted by molar-refractivity contribution is -0.385. The van der Waals surface area contributed by atoms with E-state index in [1.165, 1.54) is 6.07 Å². The van der Waals surface area contributed by atoms with Gasteiger partial charge in [-0.1, -0.05) is 15.9 Å². The summed E-state index contributed by atoms with van der Waals surface area (Å²) in [6.45, 7) is 1.92. The van der Waals surface area contributed by atoms with Crippen LogP contribution in [0.15, 0.2) is 40.9 Å². The Labute approximate surface area is 129 Å². The third-order valence-corrected chi connectivity index (χ3v) is 3.54. The molecule has 0 amide bonds. The maximum absolute atomic E-state index is 10.8. The summed E-state index contributed by atoms with van der Waals surface area (Å²) in [7, 11) is 0. The predicted octanol–water partition coefficient (Wildman–Crippen LogP) is 5.20. The minimum Gasteiger partial charge on any atom is -0.457 e. The maximum atomic E-state index is 10.8. The fourth-order valence-corrected chi connectivity index (χ4v) is 2.45. The van der Waals surface area contributed by atoms with Crippen molar-refractivity contribution >= 4 is 33.2 Å². The number of rotatable bonds is 4. The molecule has 20 heavy (non-hydrogen) atoms. The highest BCUT2D eigenvalue weighted by Gasteiger charge is 2.14. The van der Waals surface area contributed by atoms with Gasteiger partial charge in [0.1, 0.15) is 11.5 Å². The van der Waals surface area contributed by atoms with Crippen molar-refractivity contribution in [1.82, 2.24) is 0 Å². The van der Waals surface area contributed by atoms with E-state index < -0.39 is 4.92 Å². The highest BCUT2D eigenvalue weighted by atomic mass is 79.9. The van der Waals surface area contributed by atoms with E-state index in [1.54, 1.807) is 12.1 Å². The number of nitro groups is 1. The van der Waals surface area contributed by atoms with Gasteiger partial charge in [0.25, 0.3) is 5.69 Å². The summed E-state index contributed by atoms with van der Waals surface area (Å²) in [5.74, 6) is 1.28. The molecule has 0 saturated carbocycles. The molecule has 2 rings (SSSR count). The first-order chi connectivity index (χ1) is 9.51. The Morgan fingerprint density at radius 2 is 2.05 bits per heavy atom. The second-order valence-electron chi connectivity index (χ2n) is 4.19. The normalized spacial score (nSPS) is 10.3. The lowest BCUT2D eigenvalue weighted by Gasteiger charge is -2.10. The molecule has 0 aliphatic heterocycles. The number of ether oxygens (including phenoxy) is 1. The van der Waals surface area contributed by atoms with Gasteiger partial charge in [-0.15, -0.1) is 11.6 Å². The lowest BCUT2D eigenvalue weighted by Crippen LogP contribution is -1.95. The van der Waals surface area contributed by atoms with Gasteiger partial charge in [0, 0.05) is 16.1 Å². The van der Waals surface area contributed by atoms with Crippen LogP contribution >= 0.6 is 27.5 Å². The van der Waals surface area contributed by atoms with E-state index in [0.717, 1.165) is 10.0 Å². The molecule has 0 heterocycles. The third-order valence-electron chi connectivity index (χ3n) is 2.76. The molecule has 0 aliphatic rings. The molecule has 0 fully saturated rings. The summed E-state index contributed by atoms with van der Waals surface area (Å²) in [5, 5.41) is 10.8. The van der Waals surface area contributed by atoms with E-state index >= 15 is 0 Å². The molecule has 0 saturated heterocycles. The molecule has 2 aromatic rings. The van der Waals surface area contributed by atoms with Crippen LogP contribution in [0.2, 0.25) is 0 Å². The SMILES string of the molecule is Cc1cc(Br)ccc1Oc1ccc([N+](=O)[O-])c(CCl)c1. The number of benzene rings is 2. The number of aryl methyl sites for hydroxylation is 1. The van der Waals surface area contributed by atoms with Crippen molar-refractivity contribution in [2.75, 3.05) is 0 Å². The van der Waals surface area contributed by atoms with Crippen molar-refractivity contribution in [1.29, 1.82) is 0 Å². The molecular weight excluding hydrogens is 346 g/mol. The Hall–Kier alpha value is -1.59. The summed E-state index contributed by atoms with van der Waals surface area (Å²) in [4.78, 5) is 10.4. The van der Waals surface area contributed by atoms with Gasteiger partial charge in [-0.05, 0) is 42.8 Å². The highest BCUT2D eigenvalue weighted by molar-refractivity contribution is 9.10. The van der Waals surface area contributed by atoms with Crippen molar-refractivity contribution < 1.29 is 9.66 Å². The van der Waals surface area contributed by atoms with Crippen LogP contribution in [-0.2, 0) is 5.88 Å². The predicted molar refractivity (Wildman–Crippen MR) is 81.6 cm³/mol. The summed E-state index contributed by atoms with van der Waals surface area (Å²) in [5.41, 5.74) is 1.40.